The molecular formula is C12H20N4O3S. The first kappa shape index (κ1) is 16.1. The molecule has 0 aromatic heterocycles. The van der Waals surface area contributed by atoms with Gasteiger partial charge in [0.15, 0.2) is 9.84 Å². The smallest absolute Gasteiger partial charge is 0.316 e. The van der Waals surface area contributed by atoms with E-state index in [4.69, 9.17) is 5.73 Å². The molecule has 0 aliphatic heterocycles. The summed E-state index contributed by atoms with van der Waals surface area (Å²) in [4.78, 5) is 12.9. The van der Waals surface area contributed by atoms with Gasteiger partial charge in [-0.25, -0.2) is 13.2 Å². The van der Waals surface area contributed by atoms with E-state index in [1.54, 1.807) is 20.2 Å². The highest BCUT2D eigenvalue weighted by atomic mass is 32.2. The number of anilines is 2. The lowest BCUT2D eigenvalue weighted by atomic mass is 10.2. The molecule has 0 spiro atoms. The van der Waals surface area contributed by atoms with Crippen LogP contribution in [0.2, 0.25) is 0 Å². The number of sulfone groups is 1. The van der Waals surface area contributed by atoms with Crippen LogP contribution in [-0.2, 0) is 9.84 Å². The Morgan fingerprint density at radius 3 is 2.45 bits per heavy atom. The minimum absolute atomic E-state index is 0.174. The van der Waals surface area contributed by atoms with Gasteiger partial charge in [-0.05, 0) is 18.2 Å². The number of carbonyl (C=O) groups excluding carboxylic acids is 1. The van der Waals surface area contributed by atoms with E-state index in [0.29, 0.717) is 24.5 Å². The van der Waals surface area contributed by atoms with Gasteiger partial charge in [0.05, 0.1) is 16.3 Å². The summed E-state index contributed by atoms with van der Waals surface area (Å²) >= 11 is 0. The van der Waals surface area contributed by atoms with Gasteiger partial charge in [0.25, 0.3) is 0 Å². The second kappa shape index (κ2) is 6.47. The molecule has 0 heterocycles. The van der Waals surface area contributed by atoms with Crippen molar-refractivity contribution >= 4 is 27.2 Å². The number of benzene rings is 1. The molecule has 4 N–H and O–H groups in total. The van der Waals surface area contributed by atoms with Crippen LogP contribution < -0.4 is 16.4 Å². The number of nitrogens with zero attached hydrogens (tertiary/aromatic N) is 1. The molecule has 0 atom stereocenters. The molecule has 0 saturated heterocycles. The molecule has 1 aromatic carbocycles. The predicted molar refractivity (Wildman–Crippen MR) is 79.5 cm³/mol. The topological polar surface area (TPSA) is 105 Å². The largest absolute Gasteiger partial charge is 0.397 e. The van der Waals surface area contributed by atoms with E-state index >= 15 is 0 Å². The Hall–Kier alpha value is -1.96. The highest BCUT2D eigenvalue weighted by Crippen LogP contribution is 2.22. The Kier molecular flexibility index (Phi) is 5.20. The number of nitrogens with one attached hydrogen (secondary N) is 2. The lowest BCUT2D eigenvalue weighted by Crippen LogP contribution is -2.37. The number of carbonyl (C=O) groups is 1. The average molecular weight is 300 g/mol. The van der Waals surface area contributed by atoms with Crippen LogP contribution in [0.15, 0.2) is 23.1 Å². The van der Waals surface area contributed by atoms with Crippen LogP contribution in [0.4, 0.5) is 16.2 Å². The fraction of sp³-hybridized carbons (Fsp3) is 0.417. The van der Waals surface area contributed by atoms with E-state index in [-0.39, 0.29) is 10.9 Å². The zero-order valence-electron chi connectivity index (χ0n) is 11.8. The monoisotopic (exact) mass is 300 g/mol. The molecule has 20 heavy (non-hydrogen) atoms. The molecule has 0 aliphatic rings. The molecule has 1 rings (SSSR count). The Bertz CT molecular complexity index is 584. The SMILES string of the molecule is CN(C)C(=O)NCCNc1ccc(S(C)(=O)=O)cc1N. The fourth-order valence-electron chi connectivity index (χ4n) is 1.46. The summed E-state index contributed by atoms with van der Waals surface area (Å²) in [5.74, 6) is 0. The molecule has 0 unspecified atom stereocenters. The minimum atomic E-state index is -3.26. The Morgan fingerprint density at radius 2 is 1.95 bits per heavy atom. The highest BCUT2D eigenvalue weighted by molar-refractivity contribution is 7.90. The Morgan fingerprint density at radius 1 is 1.30 bits per heavy atom. The van der Waals surface area contributed by atoms with E-state index in [2.05, 4.69) is 10.6 Å². The highest BCUT2D eigenvalue weighted by Gasteiger charge is 2.09. The third kappa shape index (κ3) is 4.61. The van der Waals surface area contributed by atoms with Crippen LogP contribution in [0.25, 0.3) is 0 Å². The van der Waals surface area contributed by atoms with E-state index in [1.807, 2.05) is 0 Å². The number of nitrogens with two attached hydrogens (primary N) is 1. The van der Waals surface area contributed by atoms with E-state index in [9.17, 15) is 13.2 Å². The molecule has 0 aliphatic carbocycles. The Balaban J connectivity index is 2.56. The molecular weight excluding hydrogens is 280 g/mol. The summed E-state index contributed by atoms with van der Waals surface area (Å²) in [7, 11) is 0.0565. The first-order valence-corrected chi connectivity index (χ1v) is 7.89. The predicted octanol–water partition coefficient (Wildman–Crippen LogP) is 0.355. The van der Waals surface area contributed by atoms with Crippen LogP contribution in [0, 0.1) is 0 Å². The normalized spacial score (nSPS) is 10.9. The van der Waals surface area contributed by atoms with E-state index in [0.717, 1.165) is 6.26 Å². The van der Waals surface area contributed by atoms with Gasteiger partial charge in [-0.1, -0.05) is 0 Å². The van der Waals surface area contributed by atoms with Gasteiger partial charge in [0.1, 0.15) is 0 Å². The summed E-state index contributed by atoms with van der Waals surface area (Å²) in [5.41, 5.74) is 6.78. The van der Waals surface area contributed by atoms with Crippen molar-refractivity contribution in [1.29, 1.82) is 0 Å². The van der Waals surface area contributed by atoms with Crippen molar-refractivity contribution in [2.45, 2.75) is 4.90 Å². The minimum Gasteiger partial charge on any atom is -0.397 e. The number of hydrogen-bond acceptors (Lipinski definition) is 5. The maximum Gasteiger partial charge on any atom is 0.316 e. The van der Waals surface area contributed by atoms with E-state index < -0.39 is 9.84 Å². The van der Waals surface area contributed by atoms with Crippen LogP contribution in [0.3, 0.4) is 0 Å². The second-order valence-electron chi connectivity index (χ2n) is 4.57. The summed E-state index contributed by atoms with van der Waals surface area (Å²) in [6, 6.07) is 4.34. The molecule has 0 radical (unpaired) electrons. The maximum absolute atomic E-state index is 11.4. The molecule has 0 fully saturated rings. The van der Waals surface area contributed by atoms with Crippen LogP contribution in [0.5, 0.6) is 0 Å². The zero-order chi connectivity index (χ0) is 15.3. The summed E-state index contributed by atoms with van der Waals surface area (Å²) in [6.07, 6.45) is 1.13. The second-order valence-corrected chi connectivity index (χ2v) is 6.59. The van der Waals surface area contributed by atoms with E-state index in [1.165, 1.54) is 17.0 Å². The molecule has 112 valence electrons. The number of urea groups is 1. The van der Waals surface area contributed by atoms with Crippen LogP contribution in [-0.4, -0.2) is 52.8 Å². The number of hydrogen-bond donors (Lipinski definition) is 3. The van der Waals surface area contributed by atoms with Crippen molar-refractivity contribution in [3.63, 3.8) is 0 Å². The first-order chi connectivity index (χ1) is 9.21. The molecule has 7 nitrogen and oxygen atoms in total. The molecule has 2 amide bonds. The third-order valence-corrected chi connectivity index (χ3v) is 3.68. The summed E-state index contributed by atoms with van der Waals surface area (Å²) in [6.45, 7) is 0.923. The van der Waals surface area contributed by atoms with Gasteiger partial charge in [0, 0.05) is 33.4 Å². The number of rotatable bonds is 5. The van der Waals surface area contributed by atoms with Crippen molar-refractivity contribution in [2.24, 2.45) is 0 Å². The number of nitrogen functional groups attached to an aromatic ring is 1. The third-order valence-electron chi connectivity index (χ3n) is 2.57. The molecule has 1 aromatic rings. The summed E-state index contributed by atoms with van der Waals surface area (Å²) in [5, 5.41) is 5.73. The van der Waals surface area contributed by atoms with Crippen LogP contribution in [0.1, 0.15) is 0 Å². The van der Waals surface area contributed by atoms with Crippen molar-refractivity contribution in [3.05, 3.63) is 18.2 Å². The lowest BCUT2D eigenvalue weighted by molar-refractivity contribution is 0.218. The maximum atomic E-state index is 11.4. The fourth-order valence-corrected chi connectivity index (χ4v) is 2.11. The molecule has 8 heteroatoms. The van der Waals surface area contributed by atoms with Gasteiger partial charge in [-0.2, -0.15) is 0 Å². The quantitative estimate of drug-likeness (QED) is 0.538. The van der Waals surface area contributed by atoms with Crippen molar-refractivity contribution in [3.8, 4) is 0 Å². The zero-order valence-corrected chi connectivity index (χ0v) is 12.6. The van der Waals surface area contributed by atoms with Crippen molar-refractivity contribution < 1.29 is 13.2 Å². The Labute approximate surface area is 119 Å². The van der Waals surface area contributed by atoms with Gasteiger partial charge >= 0.3 is 6.03 Å². The average Bonchev–Trinajstić information content (AvgIpc) is 2.34. The van der Waals surface area contributed by atoms with Crippen molar-refractivity contribution in [1.82, 2.24) is 10.2 Å². The number of amides is 2. The van der Waals surface area contributed by atoms with Crippen LogP contribution >= 0.6 is 0 Å². The summed E-state index contributed by atoms with van der Waals surface area (Å²) < 4.78 is 22.7. The standard InChI is InChI=1S/C12H20N4O3S/c1-16(2)12(17)15-7-6-14-11-5-4-9(8-10(11)13)20(3,18)19/h4-5,8,14H,6-7,13H2,1-3H3,(H,15,17). The lowest BCUT2D eigenvalue weighted by Gasteiger charge is -2.13. The van der Waals surface area contributed by atoms with Gasteiger partial charge < -0.3 is 21.3 Å². The molecule has 0 saturated carbocycles. The van der Waals surface area contributed by atoms with Crippen molar-refractivity contribution in [2.75, 3.05) is 44.5 Å². The van der Waals surface area contributed by atoms with Gasteiger partial charge in [0.2, 0.25) is 0 Å². The molecule has 0 bridgehead atoms. The van der Waals surface area contributed by atoms with Gasteiger partial charge in [-0.15, -0.1) is 0 Å². The van der Waals surface area contributed by atoms with Gasteiger partial charge in [-0.3, -0.25) is 0 Å². The first-order valence-electron chi connectivity index (χ1n) is 6.00.